The Balaban J connectivity index is 1.58. The predicted octanol–water partition coefficient (Wildman–Crippen LogP) is 3.87. The SMILES string of the molecule is N#CCCN1CCN(c2cc(C(=O)O)c3cc(NC(=O)c4cccc(Cl)c4)ccc3n2)CC1. The monoisotopic (exact) mass is 463 g/mol. The van der Waals surface area contributed by atoms with Gasteiger partial charge in [-0.15, -0.1) is 0 Å². The Labute approximate surface area is 196 Å². The summed E-state index contributed by atoms with van der Waals surface area (Å²) in [5, 5.41) is 22.3. The van der Waals surface area contributed by atoms with Crippen LogP contribution in [0.2, 0.25) is 5.02 Å². The van der Waals surface area contributed by atoms with Crippen LogP contribution >= 0.6 is 11.6 Å². The van der Waals surface area contributed by atoms with Crippen molar-refractivity contribution in [3.63, 3.8) is 0 Å². The van der Waals surface area contributed by atoms with Gasteiger partial charge < -0.3 is 15.3 Å². The smallest absolute Gasteiger partial charge is 0.336 e. The maximum Gasteiger partial charge on any atom is 0.336 e. The number of fused-ring (bicyclic) bond motifs is 1. The molecule has 4 rings (SSSR count). The minimum atomic E-state index is -1.06. The maximum absolute atomic E-state index is 12.5. The summed E-state index contributed by atoms with van der Waals surface area (Å²) < 4.78 is 0. The van der Waals surface area contributed by atoms with Crippen molar-refractivity contribution in [2.75, 3.05) is 42.9 Å². The molecule has 0 saturated carbocycles. The molecule has 1 aromatic heterocycles. The molecule has 0 spiro atoms. The van der Waals surface area contributed by atoms with Crippen LogP contribution in [0.25, 0.3) is 10.9 Å². The van der Waals surface area contributed by atoms with Crippen molar-refractivity contribution in [1.82, 2.24) is 9.88 Å². The van der Waals surface area contributed by atoms with Gasteiger partial charge in [-0.25, -0.2) is 9.78 Å². The standard InChI is InChI=1S/C24H22ClN5O3/c25-17-4-1-3-16(13-17)23(31)27-18-5-6-21-19(14-18)20(24(32)33)15-22(28-21)30-11-9-29(10-12-30)8-2-7-26/h1,3-6,13-15H,2,8-12H2,(H,27,31)(H,32,33). The van der Waals surface area contributed by atoms with Gasteiger partial charge in [-0.2, -0.15) is 5.26 Å². The van der Waals surface area contributed by atoms with Gasteiger partial charge in [-0.3, -0.25) is 9.69 Å². The summed E-state index contributed by atoms with van der Waals surface area (Å²) in [6, 6.07) is 15.4. The van der Waals surface area contributed by atoms with Crippen molar-refractivity contribution < 1.29 is 14.7 Å². The minimum Gasteiger partial charge on any atom is -0.478 e. The molecule has 1 aliphatic heterocycles. The number of benzene rings is 2. The average molecular weight is 464 g/mol. The molecule has 1 saturated heterocycles. The zero-order valence-corrected chi connectivity index (χ0v) is 18.5. The van der Waals surface area contributed by atoms with E-state index in [2.05, 4.69) is 26.2 Å². The Morgan fingerprint density at radius 3 is 2.61 bits per heavy atom. The fraction of sp³-hybridized carbons (Fsp3) is 0.250. The molecule has 0 bridgehead atoms. The summed E-state index contributed by atoms with van der Waals surface area (Å²) in [5.74, 6) is -0.794. The van der Waals surface area contributed by atoms with Gasteiger partial charge in [0, 0.05) is 60.8 Å². The number of nitriles is 1. The van der Waals surface area contributed by atoms with Crippen LogP contribution in [0.3, 0.4) is 0 Å². The number of amides is 1. The van der Waals surface area contributed by atoms with Gasteiger partial charge in [0.15, 0.2) is 0 Å². The Bertz CT molecular complexity index is 1250. The summed E-state index contributed by atoms with van der Waals surface area (Å²) >= 11 is 5.96. The number of nitrogens with one attached hydrogen (secondary N) is 1. The lowest BCUT2D eigenvalue weighted by Crippen LogP contribution is -2.46. The molecule has 0 radical (unpaired) electrons. The molecule has 8 nitrogen and oxygen atoms in total. The molecule has 9 heteroatoms. The predicted molar refractivity (Wildman–Crippen MR) is 127 cm³/mol. The van der Waals surface area contributed by atoms with E-state index >= 15 is 0 Å². The quantitative estimate of drug-likeness (QED) is 0.570. The minimum absolute atomic E-state index is 0.126. The van der Waals surface area contributed by atoms with E-state index in [0.29, 0.717) is 52.5 Å². The number of anilines is 2. The van der Waals surface area contributed by atoms with Crippen LogP contribution in [0.5, 0.6) is 0 Å². The molecule has 0 aliphatic carbocycles. The van der Waals surface area contributed by atoms with Gasteiger partial charge in [0.05, 0.1) is 17.1 Å². The van der Waals surface area contributed by atoms with Crippen molar-refractivity contribution in [1.29, 1.82) is 5.26 Å². The third-order valence-electron chi connectivity index (χ3n) is 5.61. The third-order valence-corrected chi connectivity index (χ3v) is 5.84. The number of piperazine rings is 1. The van der Waals surface area contributed by atoms with Crippen molar-refractivity contribution in [2.45, 2.75) is 6.42 Å². The number of aromatic carboxylic acids is 1. The Kier molecular flexibility index (Phi) is 6.73. The second kappa shape index (κ2) is 9.86. The first-order valence-corrected chi connectivity index (χ1v) is 10.9. The highest BCUT2D eigenvalue weighted by Gasteiger charge is 2.21. The largest absolute Gasteiger partial charge is 0.478 e. The van der Waals surface area contributed by atoms with Crippen LogP contribution < -0.4 is 10.2 Å². The van der Waals surface area contributed by atoms with Gasteiger partial charge in [0.25, 0.3) is 5.91 Å². The Hall–Kier alpha value is -3.67. The molecule has 1 aliphatic rings. The second-order valence-electron chi connectivity index (χ2n) is 7.77. The lowest BCUT2D eigenvalue weighted by molar-refractivity contribution is 0.0698. The molecular weight excluding hydrogens is 442 g/mol. The van der Waals surface area contributed by atoms with Crippen molar-refractivity contribution in [3.8, 4) is 6.07 Å². The number of carboxylic acids is 1. The van der Waals surface area contributed by atoms with Crippen LogP contribution in [0.4, 0.5) is 11.5 Å². The first-order chi connectivity index (χ1) is 15.9. The molecule has 168 valence electrons. The number of pyridine rings is 1. The molecule has 0 unspecified atom stereocenters. The number of rotatable bonds is 6. The molecule has 3 aromatic rings. The van der Waals surface area contributed by atoms with Crippen LogP contribution in [-0.4, -0.2) is 59.6 Å². The van der Waals surface area contributed by atoms with Gasteiger partial charge in [0.2, 0.25) is 0 Å². The number of hydrogen-bond acceptors (Lipinski definition) is 6. The highest BCUT2D eigenvalue weighted by molar-refractivity contribution is 6.31. The summed E-state index contributed by atoms with van der Waals surface area (Å²) in [7, 11) is 0. The van der Waals surface area contributed by atoms with Crippen LogP contribution in [0.1, 0.15) is 27.1 Å². The number of carboxylic acid groups (broad SMARTS) is 1. The fourth-order valence-electron chi connectivity index (χ4n) is 3.87. The summed E-state index contributed by atoms with van der Waals surface area (Å²) in [6.07, 6.45) is 0.494. The van der Waals surface area contributed by atoms with Gasteiger partial charge in [-0.1, -0.05) is 17.7 Å². The first kappa shape index (κ1) is 22.5. The van der Waals surface area contributed by atoms with E-state index in [4.69, 9.17) is 16.9 Å². The number of halogens is 1. The van der Waals surface area contributed by atoms with Gasteiger partial charge in [-0.05, 0) is 42.5 Å². The maximum atomic E-state index is 12.5. The lowest BCUT2D eigenvalue weighted by atomic mass is 10.1. The Morgan fingerprint density at radius 2 is 1.91 bits per heavy atom. The van der Waals surface area contributed by atoms with E-state index in [1.54, 1.807) is 48.5 Å². The van der Waals surface area contributed by atoms with E-state index in [1.807, 2.05) is 0 Å². The summed E-state index contributed by atoms with van der Waals surface area (Å²) in [6.45, 7) is 3.73. The topological polar surface area (TPSA) is 110 Å². The zero-order valence-electron chi connectivity index (χ0n) is 17.8. The van der Waals surface area contributed by atoms with Gasteiger partial charge >= 0.3 is 5.97 Å². The number of carbonyl (C=O) groups is 2. The third kappa shape index (κ3) is 5.22. The average Bonchev–Trinajstić information content (AvgIpc) is 2.82. The molecule has 1 amide bonds. The summed E-state index contributed by atoms with van der Waals surface area (Å²) in [5.41, 5.74) is 1.54. The van der Waals surface area contributed by atoms with Crippen molar-refractivity contribution >= 4 is 45.9 Å². The zero-order chi connectivity index (χ0) is 23.4. The molecule has 33 heavy (non-hydrogen) atoms. The van der Waals surface area contributed by atoms with Crippen LogP contribution in [0.15, 0.2) is 48.5 Å². The normalized spacial score (nSPS) is 14.1. The molecule has 2 heterocycles. The van der Waals surface area contributed by atoms with E-state index in [9.17, 15) is 14.7 Å². The summed E-state index contributed by atoms with van der Waals surface area (Å²) in [4.78, 5) is 33.5. The van der Waals surface area contributed by atoms with Gasteiger partial charge in [0.1, 0.15) is 5.82 Å². The van der Waals surface area contributed by atoms with E-state index in [1.165, 1.54) is 0 Å². The number of hydrogen-bond donors (Lipinski definition) is 2. The van der Waals surface area contributed by atoms with Crippen molar-refractivity contribution in [3.05, 3.63) is 64.7 Å². The highest BCUT2D eigenvalue weighted by atomic mass is 35.5. The molecule has 0 atom stereocenters. The number of carbonyl (C=O) groups excluding carboxylic acids is 1. The molecule has 2 N–H and O–H groups in total. The first-order valence-electron chi connectivity index (χ1n) is 10.5. The second-order valence-corrected chi connectivity index (χ2v) is 8.20. The number of nitrogens with zero attached hydrogens (tertiary/aromatic N) is 4. The van der Waals surface area contributed by atoms with Crippen LogP contribution in [0, 0.1) is 11.3 Å². The van der Waals surface area contributed by atoms with Crippen LogP contribution in [-0.2, 0) is 0 Å². The van der Waals surface area contributed by atoms with E-state index in [-0.39, 0.29) is 11.5 Å². The lowest BCUT2D eigenvalue weighted by Gasteiger charge is -2.35. The Morgan fingerprint density at radius 1 is 1.12 bits per heavy atom. The van der Waals surface area contributed by atoms with E-state index in [0.717, 1.165) is 19.6 Å². The highest BCUT2D eigenvalue weighted by Crippen LogP contribution is 2.27. The molecule has 1 fully saturated rings. The molecule has 2 aromatic carbocycles. The van der Waals surface area contributed by atoms with Crippen molar-refractivity contribution in [2.24, 2.45) is 0 Å². The van der Waals surface area contributed by atoms with E-state index < -0.39 is 5.97 Å². The fourth-order valence-corrected chi connectivity index (χ4v) is 4.06. The number of aromatic nitrogens is 1. The molecular formula is C24H22ClN5O3.